The van der Waals surface area contributed by atoms with Gasteiger partial charge in [0, 0.05) is 32.0 Å². The summed E-state index contributed by atoms with van der Waals surface area (Å²) in [6, 6.07) is 1.76. The van der Waals surface area contributed by atoms with Crippen molar-refractivity contribution in [1.29, 1.82) is 0 Å². The molecule has 0 aromatic carbocycles. The highest BCUT2D eigenvalue weighted by Crippen LogP contribution is 2.30. The maximum atomic E-state index is 12.7. The van der Waals surface area contributed by atoms with Crippen molar-refractivity contribution in [3.05, 3.63) is 29.6 Å². The molecule has 1 saturated carbocycles. The molecule has 2 fully saturated rings. The Balaban J connectivity index is 1.57. The number of aryl methyl sites for hydroxylation is 1. The number of aromatic nitrogens is 1. The van der Waals surface area contributed by atoms with Gasteiger partial charge < -0.3 is 20.1 Å². The van der Waals surface area contributed by atoms with Gasteiger partial charge in [0.15, 0.2) is 0 Å². The Labute approximate surface area is 160 Å². The molecule has 3 atom stereocenters. The maximum absolute atomic E-state index is 12.7. The molecule has 7 heteroatoms. The molecule has 2 amide bonds. The number of methoxy groups -OCH3 is 1. The summed E-state index contributed by atoms with van der Waals surface area (Å²) in [5, 5.41) is 6.13. The standard InChI is InChI=1S/C20H29N3O4/c1-13-9-21-7-6-15(13)10-22-18(24)14-4-5-17(26-3)16(8-14)23-19(25)20(2)11-27-12-20/h6-7,9,14,16-17H,4-5,8,10-12H2,1-3H3,(H,22,24)(H,23,25)/t14-,16+,17+/m0/s1. The number of ether oxygens (including phenoxy) is 2. The fourth-order valence-corrected chi connectivity index (χ4v) is 3.72. The van der Waals surface area contributed by atoms with Crippen LogP contribution in [0.15, 0.2) is 18.5 Å². The first-order chi connectivity index (χ1) is 12.9. The number of carbonyl (C=O) groups excluding carboxylic acids is 2. The van der Waals surface area contributed by atoms with Gasteiger partial charge in [0.25, 0.3) is 0 Å². The van der Waals surface area contributed by atoms with Crippen LogP contribution in [0.3, 0.4) is 0 Å². The average molecular weight is 375 g/mol. The zero-order chi connectivity index (χ0) is 19.4. The third-order valence-corrected chi connectivity index (χ3v) is 5.76. The van der Waals surface area contributed by atoms with Gasteiger partial charge in [-0.2, -0.15) is 0 Å². The van der Waals surface area contributed by atoms with Crippen LogP contribution in [0.4, 0.5) is 0 Å². The summed E-state index contributed by atoms with van der Waals surface area (Å²) >= 11 is 0. The lowest BCUT2D eigenvalue weighted by atomic mass is 9.81. The van der Waals surface area contributed by atoms with Crippen molar-refractivity contribution in [2.24, 2.45) is 11.3 Å². The molecule has 1 aromatic rings. The summed E-state index contributed by atoms with van der Waals surface area (Å²) in [7, 11) is 1.66. The summed E-state index contributed by atoms with van der Waals surface area (Å²) in [5.74, 6) is -0.123. The number of rotatable bonds is 6. The molecule has 0 unspecified atom stereocenters. The Kier molecular flexibility index (Phi) is 6.11. The fourth-order valence-electron chi connectivity index (χ4n) is 3.72. The van der Waals surface area contributed by atoms with E-state index < -0.39 is 5.41 Å². The first kappa shape index (κ1) is 19.8. The van der Waals surface area contributed by atoms with E-state index in [9.17, 15) is 9.59 Å². The van der Waals surface area contributed by atoms with E-state index in [0.717, 1.165) is 24.0 Å². The first-order valence-electron chi connectivity index (χ1n) is 9.51. The van der Waals surface area contributed by atoms with Gasteiger partial charge in [-0.05, 0) is 50.3 Å². The van der Waals surface area contributed by atoms with Gasteiger partial charge in [-0.3, -0.25) is 14.6 Å². The molecule has 0 radical (unpaired) electrons. The van der Waals surface area contributed by atoms with Gasteiger partial charge in [-0.25, -0.2) is 0 Å². The maximum Gasteiger partial charge on any atom is 0.230 e. The van der Waals surface area contributed by atoms with E-state index in [0.29, 0.717) is 26.2 Å². The Morgan fingerprint density at radius 2 is 2.15 bits per heavy atom. The minimum Gasteiger partial charge on any atom is -0.379 e. The molecule has 1 saturated heterocycles. The fraction of sp³-hybridized carbons (Fsp3) is 0.650. The van der Waals surface area contributed by atoms with Crippen LogP contribution in [0, 0.1) is 18.3 Å². The lowest BCUT2D eigenvalue weighted by Gasteiger charge is -2.40. The van der Waals surface area contributed by atoms with Crippen molar-refractivity contribution < 1.29 is 19.1 Å². The summed E-state index contributed by atoms with van der Waals surface area (Å²) in [4.78, 5) is 29.3. The minimum absolute atomic E-state index is 0.0192. The lowest BCUT2D eigenvalue weighted by Crippen LogP contribution is -2.58. The van der Waals surface area contributed by atoms with Crippen LogP contribution in [0.25, 0.3) is 0 Å². The molecule has 1 aromatic heterocycles. The van der Waals surface area contributed by atoms with E-state index in [1.165, 1.54) is 0 Å². The Morgan fingerprint density at radius 1 is 1.37 bits per heavy atom. The monoisotopic (exact) mass is 375 g/mol. The average Bonchev–Trinajstić information content (AvgIpc) is 2.65. The normalized spacial score (nSPS) is 26.7. The Bertz CT molecular complexity index is 690. The van der Waals surface area contributed by atoms with Gasteiger partial charge >= 0.3 is 0 Å². The molecule has 2 heterocycles. The molecule has 3 rings (SSSR count). The molecule has 1 aliphatic carbocycles. The number of pyridine rings is 1. The molecule has 0 bridgehead atoms. The molecule has 27 heavy (non-hydrogen) atoms. The van der Waals surface area contributed by atoms with Crippen molar-refractivity contribution in [2.45, 2.75) is 51.8 Å². The van der Waals surface area contributed by atoms with Gasteiger partial charge in [-0.1, -0.05) is 0 Å². The topological polar surface area (TPSA) is 89.5 Å². The van der Waals surface area contributed by atoms with Crippen molar-refractivity contribution in [2.75, 3.05) is 20.3 Å². The van der Waals surface area contributed by atoms with Gasteiger partial charge in [0.05, 0.1) is 30.8 Å². The number of nitrogens with zero attached hydrogens (tertiary/aromatic N) is 1. The van der Waals surface area contributed by atoms with Gasteiger partial charge in [0.2, 0.25) is 11.8 Å². The number of hydrogen-bond donors (Lipinski definition) is 2. The second kappa shape index (κ2) is 8.35. The summed E-state index contributed by atoms with van der Waals surface area (Å²) in [6.45, 7) is 5.26. The van der Waals surface area contributed by atoms with Gasteiger partial charge in [-0.15, -0.1) is 0 Å². The van der Waals surface area contributed by atoms with E-state index in [1.807, 2.05) is 19.9 Å². The van der Waals surface area contributed by atoms with E-state index in [-0.39, 0.29) is 29.9 Å². The zero-order valence-electron chi connectivity index (χ0n) is 16.3. The molecule has 7 nitrogen and oxygen atoms in total. The third kappa shape index (κ3) is 4.47. The van der Waals surface area contributed by atoms with E-state index >= 15 is 0 Å². The second-order valence-corrected chi connectivity index (χ2v) is 7.94. The van der Waals surface area contributed by atoms with Crippen LogP contribution in [0.5, 0.6) is 0 Å². The quantitative estimate of drug-likeness (QED) is 0.783. The first-order valence-corrected chi connectivity index (χ1v) is 9.51. The van der Waals surface area contributed by atoms with Crippen LogP contribution < -0.4 is 10.6 Å². The van der Waals surface area contributed by atoms with Crippen LogP contribution in [0.2, 0.25) is 0 Å². The number of amides is 2. The Morgan fingerprint density at radius 3 is 2.78 bits per heavy atom. The molecule has 2 N–H and O–H groups in total. The summed E-state index contributed by atoms with van der Waals surface area (Å²) in [5.41, 5.74) is 1.65. The second-order valence-electron chi connectivity index (χ2n) is 7.94. The van der Waals surface area contributed by atoms with Crippen molar-refractivity contribution in [3.63, 3.8) is 0 Å². The highest BCUT2D eigenvalue weighted by Gasteiger charge is 2.43. The van der Waals surface area contributed by atoms with Gasteiger partial charge in [0.1, 0.15) is 0 Å². The molecular weight excluding hydrogens is 346 g/mol. The minimum atomic E-state index is -0.466. The summed E-state index contributed by atoms with van der Waals surface area (Å²) < 4.78 is 10.7. The van der Waals surface area contributed by atoms with E-state index in [4.69, 9.17) is 9.47 Å². The van der Waals surface area contributed by atoms with E-state index in [1.54, 1.807) is 19.5 Å². The van der Waals surface area contributed by atoms with Crippen LogP contribution in [0.1, 0.15) is 37.3 Å². The molecule has 0 spiro atoms. The zero-order valence-corrected chi connectivity index (χ0v) is 16.3. The summed E-state index contributed by atoms with van der Waals surface area (Å²) in [6.07, 6.45) is 5.55. The highest BCUT2D eigenvalue weighted by molar-refractivity contribution is 5.84. The molecule has 148 valence electrons. The van der Waals surface area contributed by atoms with Crippen molar-refractivity contribution >= 4 is 11.8 Å². The third-order valence-electron chi connectivity index (χ3n) is 5.76. The molecule has 1 aliphatic heterocycles. The Hall–Kier alpha value is -1.99. The molecule has 2 aliphatic rings. The molecular formula is C20H29N3O4. The smallest absolute Gasteiger partial charge is 0.230 e. The van der Waals surface area contributed by atoms with E-state index in [2.05, 4.69) is 15.6 Å². The highest BCUT2D eigenvalue weighted by atomic mass is 16.5. The van der Waals surface area contributed by atoms with Crippen LogP contribution in [-0.4, -0.2) is 49.3 Å². The lowest BCUT2D eigenvalue weighted by molar-refractivity contribution is -0.160. The number of nitrogens with one attached hydrogen (secondary N) is 2. The predicted octanol–water partition coefficient (Wildman–Crippen LogP) is 1.34. The largest absolute Gasteiger partial charge is 0.379 e. The number of hydrogen-bond acceptors (Lipinski definition) is 5. The SMILES string of the molecule is CO[C@@H]1CC[C@H](C(=O)NCc2ccncc2C)C[C@H]1NC(=O)C1(C)COC1. The van der Waals surface area contributed by atoms with Crippen LogP contribution in [-0.2, 0) is 25.6 Å². The van der Waals surface area contributed by atoms with Crippen LogP contribution >= 0.6 is 0 Å². The number of carbonyl (C=O) groups is 2. The van der Waals surface area contributed by atoms with Crippen molar-refractivity contribution in [3.8, 4) is 0 Å². The predicted molar refractivity (Wildman–Crippen MR) is 99.8 cm³/mol. The van der Waals surface area contributed by atoms with Crippen molar-refractivity contribution in [1.82, 2.24) is 15.6 Å².